The average molecular weight is 369 g/mol. The summed E-state index contributed by atoms with van der Waals surface area (Å²) in [6.45, 7) is 2.02. The molecule has 0 bridgehead atoms. The van der Waals surface area contributed by atoms with E-state index in [-0.39, 0.29) is 5.91 Å². The zero-order chi connectivity index (χ0) is 18.5. The van der Waals surface area contributed by atoms with E-state index in [1.54, 1.807) is 6.08 Å². The van der Waals surface area contributed by atoms with Gasteiger partial charge in [0, 0.05) is 11.0 Å². The van der Waals surface area contributed by atoms with Crippen LogP contribution in [0.2, 0.25) is 0 Å². The number of fused-ring (bicyclic) bond motifs is 1. The summed E-state index contributed by atoms with van der Waals surface area (Å²) in [7, 11) is 0. The third-order valence-corrected chi connectivity index (χ3v) is 5.87. The summed E-state index contributed by atoms with van der Waals surface area (Å²) in [6, 6.07) is 7.93. The lowest BCUT2D eigenvalue weighted by Gasteiger charge is -2.10. The van der Waals surface area contributed by atoms with Crippen molar-refractivity contribution < 1.29 is 9.59 Å². The normalized spacial score (nSPS) is 14.5. The van der Waals surface area contributed by atoms with Gasteiger partial charge in [0.25, 0.3) is 5.91 Å². The van der Waals surface area contributed by atoms with E-state index < -0.39 is 5.91 Å². The summed E-state index contributed by atoms with van der Waals surface area (Å²) in [5.74, 6) is -0.705. The van der Waals surface area contributed by atoms with Crippen LogP contribution in [0.25, 0.3) is 6.08 Å². The number of nitrogens with two attached hydrogens (primary N) is 1. The molecule has 0 radical (unpaired) electrons. The fourth-order valence-corrected chi connectivity index (χ4v) is 4.57. The van der Waals surface area contributed by atoms with Crippen molar-refractivity contribution >= 4 is 34.2 Å². The van der Waals surface area contributed by atoms with Gasteiger partial charge in [-0.15, -0.1) is 11.3 Å². The number of carbonyl (C=O) groups excluding carboxylic acids is 2. The minimum atomic E-state index is -0.458. The molecule has 1 heterocycles. The van der Waals surface area contributed by atoms with Gasteiger partial charge in [0.05, 0.1) is 5.56 Å². The number of nitrogens with one attached hydrogen (secondary N) is 1. The van der Waals surface area contributed by atoms with Crippen molar-refractivity contribution in [3.8, 4) is 0 Å². The van der Waals surface area contributed by atoms with Gasteiger partial charge in [0.2, 0.25) is 5.91 Å². The van der Waals surface area contributed by atoms with Gasteiger partial charge >= 0.3 is 0 Å². The van der Waals surface area contributed by atoms with E-state index >= 15 is 0 Å². The fraction of sp³-hybridized carbons (Fsp3) is 0.333. The minimum Gasteiger partial charge on any atom is -0.365 e. The van der Waals surface area contributed by atoms with Crippen LogP contribution in [0.1, 0.15) is 57.6 Å². The first-order valence-electron chi connectivity index (χ1n) is 9.04. The molecule has 26 heavy (non-hydrogen) atoms. The summed E-state index contributed by atoms with van der Waals surface area (Å²) in [5.41, 5.74) is 9.30. The van der Waals surface area contributed by atoms with E-state index in [1.165, 1.54) is 40.7 Å². The van der Waals surface area contributed by atoms with E-state index in [0.29, 0.717) is 10.6 Å². The molecule has 0 atom stereocenters. The number of hydrogen-bond acceptors (Lipinski definition) is 3. The van der Waals surface area contributed by atoms with Crippen molar-refractivity contribution in [2.45, 2.75) is 45.4 Å². The Morgan fingerprint density at radius 1 is 1.08 bits per heavy atom. The molecule has 1 aliphatic rings. The quantitative estimate of drug-likeness (QED) is 0.782. The number of aryl methyl sites for hydroxylation is 2. The van der Waals surface area contributed by atoms with Gasteiger partial charge < -0.3 is 11.1 Å². The number of carbonyl (C=O) groups is 2. The van der Waals surface area contributed by atoms with Crippen LogP contribution < -0.4 is 11.1 Å². The molecule has 0 saturated heterocycles. The van der Waals surface area contributed by atoms with Gasteiger partial charge in [-0.25, -0.2) is 0 Å². The Hall–Kier alpha value is -2.40. The second kappa shape index (κ2) is 8.32. The van der Waals surface area contributed by atoms with Crippen molar-refractivity contribution in [2.24, 2.45) is 5.73 Å². The number of amides is 2. The molecule has 0 aliphatic heterocycles. The Labute approximate surface area is 158 Å². The molecule has 3 rings (SSSR count). The second-order valence-corrected chi connectivity index (χ2v) is 7.82. The number of primary amides is 1. The first-order valence-corrected chi connectivity index (χ1v) is 9.86. The molecule has 4 nitrogen and oxygen atoms in total. The van der Waals surface area contributed by atoms with Crippen molar-refractivity contribution in [1.82, 2.24) is 0 Å². The molecular weight excluding hydrogens is 344 g/mol. The maximum absolute atomic E-state index is 12.3. The highest BCUT2D eigenvalue weighted by atomic mass is 32.1. The van der Waals surface area contributed by atoms with E-state index in [0.717, 1.165) is 36.8 Å². The van der Waals surface area contributed by atoms with Crippen molar-refractivity contribution in [3.05, 3.63) is 57.5 Å². The van der Waals surface area contributed by atoms with E-state index in [1.807, 2.05) is 31.2 Å². The largest absolute Gasteiger partial charge is 0.365 e. The zero-order valence-electron chi connectivity index (χ0n) is 15.0. The summed E-state index contributed by atoms with van der Waals surface area (Å²) in [6.07, 6.45) is 9.64. The first-order chi connectivity index (χ1) is 12.5. The Bertz CT molecular complexity index is 834. The third-order valence-electron chi connectivity index (χ3n) is 4.66. The minimum absolute atomic E-state index is 0.248. The SMILES string of the molecule is Cc1ccc(/C=C/C(=O)Nc2sc3c(c2C(N)=O)CCCCCC3)cc1. The summed E-state index contributed by atoms with van der Waals surface area (Å²) in [4.78, 5) is 25.5. The highest BCUT2D eigenvalue weighted by Gasteiger charge is 2.23. The molecule has 1 aromatic heterocycles. The van der Waals surface area contributed by atoms with Crippen LogP contribution in [0, 0.1) is 6.92 Å². The predicted octanol–water partition coefficient (Wildman–Crippen LogP) is 4.47. The highest BCUT2D eigenvalue weighted by Crippen LogP contribution is 2.36. The molecule has 2 amide bonds. The molecule has 0 saturated carbocycles. The lowest BCUT2D eigenvalue weighted by Crippen LogP contribution is -2.17. The van der Waals surface area contributed by atoms with Gasteiger partial charge in [-0.05, 0) is 49.8 Å². The molecule has 1 aliphatic carbocycles. The molecule has 1 aromatic carbocycles. The van der Waals surface area contributed by atoms with Crippen LogP contribution in [0.3, 0.4) is 0 Å². The van der Waals surface area contributed by atoms with Gasteiger partial charge in [0.15, 0.2) is 0 Å². The van der Waals surface area contributed by atoms with Gasteiger partial charge in [-0.3, -0.25) is 9.59 Å². The molecule has 136 valence electrons. The predicted molar refractivity (Wildman–Crippen MR) is 108 cm³/mol. The van der Waals surface area contributed by atoms with E-state index in [2.05, 4.69) is 5.32 Å². The topological polar surface area (TPSA) is 72.2 Å². The van der Waals surface area contributed by atoms with Crippen LogP contribution in [0.5, 0.6) is 0 Å². The number of anilines is 1. The molecule has 5 heteroatoms. The standard InChI is InChI=1S/C21H24N2O2S/c1-14-8-10-15(11-9-14)12-13-18(24)23-21-19(20(22)25)16-6-4-2-3-5-7-17(16)26-21/h8-13H,2-7H2,1H3,(H2,22,25)(H,23,24)/b13-12+. The summed E-state index contributed by atoms with van der Waals surface area (Å²) >= 11 is 1.50. The zero-order valence-corrected chi connectivity index (χ0v) is 15.8. The fourth-order valence-electron chi connectivity index (χ4n) is 3.27. The molecule has 0 unspecified atom stereocenters. The molecular formula is C21H24N2O2S. The lowest BCUT2D eigenvalue weighted by atomic mass is 9.96. The Kier molecular flexibility index (Phi) is 5.89. The summed E-state index contributed by atoms with van der Waals surface area (Å²) < 4.78 is 0. The second-order valence-electron chi connectivity index (χ2n) is 6.72. The van der Waals surface area contributed by atoms with Crippen LogP contribution in [-0.2, 0) is 17.6 Å². The van der Waals surface area contributed by atoms with Crippen molar-refractivity contribution in [2.75, 3.05) is 5.32 Å². The Balaban J connectivity index is 1.80. The monoisotopic (exact) mass is 368 g/mol. The molecule has 3 N–H and O–H groups in total. The molecule has 2 aromatic rings. The highest BCUT2D eigenvalue weighted by molar-refractivity contribution is 7.17. The molecule has 0 spiro atoms. The number of benzene rings is 1. The number of hydrogen-bond donors (Lipinski definition) is 2. The van der Waals surface area contributed by atoms with Crippen LogP contribution in [0.15, 0.2) is 30.3 Å². The van der Waals surface area contributed by atoms with Crippen LogP contribution in [0.4, 0.5) is 5.00 Å². The van der Waals surface area contributed by atoms with Crippen LogP contribution >= 0.6 is 11.3 Å². The van der Waals surface area contributed by atoms with Crippen LogP contribution in [-0.4, -0.2) is 11.8 Å². The number of rotatable bonds is 4. The van der Waals surface area contributed by atoms with Crippen molar-refractivity contribution in [1.29, 1.82) is 0 Å². The van der Waals surface area contributed by atoms with Gasteiger partial charge in [-0.2, -0.15) is 0 Å². The lowest BCUT2D eigenvalue weighted by molar-refractivity contribution is -0.111. The maximum atomic E-state index is 12.3. The van der Waals surface area contributed by atoms with Gasteiger partial charge in [-0.1, -0.05) is 42.7 Å². The smallest absolute Gasteiger partial charge is 0.251 e. The van der Waals surface area contributed by atoms with E-state index in [9.17, 15) is 9.59 Å². The number of thiophene rings is 1. The average Bonchev–Trinajstić information content (AvgIpc) is 2.91. The molecule has 0 fully saturated rings. The Morgan fingerprint density at radius 3 is 2.46 bits per heavy atom. The van der Waals surface area contributed by atoms with E-state index in [4.69, 9.17) is 5.73 Å². The summed E-state index contributed by atoms with van der Waals surface area (Å²) in [5, 5.41) is 3.45. The maximum Gasteiger partial charge on any atom is 0.251 e. The Morgan fingerprint density at radius 2 is 1.77 bits per heavy atom. The van der Waals surface area contributed by atoms with Crippen molar-refractivity contribution in [3.63, 3.8) is 0 Å². The third kappa shape index (κ3) is 4.41. The first kappa shape index (κ1) is 18.4. The van der Waals surface area contributed by atoms with Gasteiger partial charge in [0.1, 0.15) is 5.00 Å².